The first-order valence-corrected chi connectivity index (χ1v) is 13.8. The lowest BCUT2D eigenvalue weighted by atomic mass is 9.81. The number of hydrogen-bond donors (Lipinski definition) is 2. The van der Waals surface area contributed by atoms with Gasteiger partial charge < -0.3 is 15.5 Å². The van der Waals surface area contributed by atoms with Gasteiger partial charge in [0.15, 0.2) is 6.04 Å². The first-order chi connectivity index (χ1) is 19.1. The van der Waals surface area contributed by atoms with Crippen molar-refractivity contribution in [2.24, 2.45) is 11.8 Å². The third-order valence-corrected chi connectivity index (χ3v) is 8.04. The number of fused-ring (bicyclic) bond motifs is 1. The van der Waals surface area contributed by atoms with Crippen molar-refractivity contribution >= 4 is 34.2 Å². The molecule has 2 aliphatic carbocycles. The predicted octanol–water partition coefficient (Wildman–Crippen LogP) is 6.26. The monoisotopic (exact) mass is 553 g/mol. The fraction of sp³-hybridized carbons (Fsp3) is 0.467. The van der Waals surface area contributed by atoms with Crippen LogP contribution < -0.4 is 10.6 Å². The lowest BCUT2D eigenvalue weighted by molar-refractivity contribution is -0.191. The Labute approximate surface area is 231 Å². The molecular weight excluding hydrogens is 519 g/mol. The number of benzene rings is 1. The van der Waals surface area contributed by atoms with E-state index in [2.05, 4.69) is 20.6 Å². The van der Waals surface area contributed by atoms with Gasteiger partial charge in [-0.1, -0.05) is 12.1 Å². The van der Waals surface area contributed by atoms with Crippen LogP contribution in [0.1, 0.15) is 68.5 Å². The number of halogens is 3. The third-order valence-electron chi connectivity index (χ3n) is 8.04. The highest BCUT2D eigenvalue weighted by Gasteiger charge is 2.46. The van der Waals surface area contributed by atoms with Crippen LogP contribution in [0.2, 0.25) is 0 Å². The van der Waals surface area contributed by atoms with Gasteiger partial charge in [0.05, 0.1) is 22.9 Å². The molecule has 3 aromatic rings. The number of anilines is 2. The van der Waals surface area contributed by atoms with Crippen LogP contribution in [-0.2, 0) is 9.59 Å². The van der Waals surface area contributed by atoms with Gasteiger partial charge in [0.1, 0.15) is 0 Å². The van der Waals surface area contributed by atoms with Gasteiger partial charge in [-0.3, -0.25) is 19.6 Å². The van der Waals surface area contributed by atoms with Crippen molar-refractivity contribution < 1.29 is 22.8 Å². The molecule has 7 nitrogen and oxygen atoms in total. The molecule has 0 saturated heterocycles. The molecule has 2 heterocycles. The lowest BCUT2D eigenvalue weighted by Crippen LogP contribution is -2.43. The van der Waals surface area contributed by atoms with Gasteiger partial charge in [-0.25, -0.2) is 0 Å². The molecule has 0 unspecified atom stereocenters. The molecule has 2 saturated carbocycles. The molecule has 40 heavy (non-hydrogen) atoms. The van der Waals surface area contributed by atoms with Gasteiger partial charge in [-0.15, -0.1) is 0 Å². The van der Waals surface area contributed by atoms with Crippen molar-refractivity contribution in [2.45, 2.75) is 63.6 Å². The Balaban J connectivity index is 1.30. The average molecular weight is 554 g/mol. The van der Waals surface area contributed by atoms with E-state index in [1.807, 2.05) is 12.1 Å². The molecule has 2 fully saturated rings. The maximum atomic E-state index is 14.3. The number of rotatable bonds is 8. The van der Waals surface area contributed by atoms with E-state index >= 15 is 0 Å². The van der Waals surface area contributed by atoms with Crippen molar-refractivity contribution in [3.8, 4) is 0 Å². The van der Waals surface area contributed by atoms with E-state index in [4.69, 9.17) is 0 Å². The smallest absolute Gasteiger partial charge is 0.356 e. The standard InChI is InChI=1S/C30H34F3N5O2/c1-18(39)35-16-19-5-7-22(8-6-19)29(40)38(2)28(30(31,32)33)21-11-13-23(14-12-21)37-25-17-36-24-4-3-15-34-27(24)26(25)20-9-10-20/h3-4,11-15,17,19-20,22,28,37H,5-10,16H2,1-2H3,(H,35,39)/t19?,22?,28-/m0/s1. The van der Waals surface area contributed by atoms with Gasteiger partial charge in [0, 0.05) is 43.9 Å². The van der Waals surface area contributed by atoms with Crippen LogP contribution in [0.3, 0.4) is 0 Å². The summed E-state index contributed by atoms with van der Waals surface area (Å²) >= 11 is 0. The molecule has 1 aromatic carbocycles. The highest BCUT2D eigenvalue weighted by atomic mass is 19.4. The topological polar surface area (TPSA) is 87.2 Å². The Morgan fingerprint density at radius 2 is 1.73 bits per heavy atom. The SMILES string of the molecule is CC(=O)NCC1CCC(C(=O)N(C)[C@@H](c2ccc(Nc3cnc4cccnc4c3C3CC3)cc2)C(F)(F)F)CC1. The maximum Gasteiger partial charge on any atom is 0.413 e. The largest absolute Gasteiger partial charge is 0.413 e. The Morgan fingerprint density at radius 1 is 1.02 bits per heavy atom. The van der Waals surface area contributed by atoms with Crippen LogP contribution in [0, 0.1) is 11.8 Å². The summed E-state index contributed by atoms with van der Waals surface area (Å²) in [5.74, 6) is -0.436. The number of alkyl halides is 3. The van der Waals surface area contributed by atoms with Gasteiger partial charge in [-0.05, 0) is 80.2 Å². The summed E-state index contributed by atoms with van der Waals surface area (Å²) in [5, 5.41) is 6.11. The minimum Gasteiger partial charge on any atom is -0.356 e. The molecule has 2 aliphatic rings. The first-order valence-electron chi connectivity index (χ1n) is 13.8. The number of pyridine rings is 2. The van der Waals surface area contributed by atoms with E-state index in [0.717, 1.165) is 40.0 Å². The Morgan fingerprint density at radius 3 is 2.35 bits per heavy atom. The van der Waals surface area contributed by atoms with E-state index in [0.29, 0.717) is 43.8 Å². The number of nitrogens with zero attached hydrogens (tertiary/aromatic N) is 3. The third kappa shape index (κ3) is 6.21. The van der Waals surface area contributed by atoms with Crippen molar-refractivity contribution in [2.75, 3.05) is 18.9 Å². The molecule has 0 bridgehead atoms. The first kappa shape index (κ1) is 27.9. The highest BCUT2D eigenvalue weighted by Crippen LogP contribution is 2.46. The molecule has 2 amide bonds. The molecule has 5 rings (SSSR count). The summed E-state index contributed by atoms with van der Waals surface area (Å²) in [7, 11) is 1.24. The zero-order chi connectivity index (χ0) is 28.4. The van der Waals surface area contributed by atoms with Gasteiger partial charge >= 0.3 is 6.18 Å². The summed E-state index contributed by atoms with van der Waals surface area (Å²) in [4.78, 5) is 34.2. The molecule has 212 valence electrons. The predicted molar refractivity (Wildman–Crippen MR) is 147 cm³/mol. The molecule has 0 spiro atoms. The summed E-state index contributed by atoms with van der Waals surface area (Å²) in [6.45, 7) is 1.99. The minimum atomic E-state index is -4.63. The average Bonchev–Trinajstić information content (AvgIpc) is 3.77. The molecule has 0 aliphatic heterocycles. The van der Waals surface area contributed by atoms with Gasteiger partial charge in [-0.2, -0.15) is 13.2 Å². The quantitative estimate of drug-likeness (QED) is 0.344. The summed E-state index contributed by atoms with van der Waals surface area (Å²) < 4.78 is 42.9. The molecule has 2 aromatic heterocycles. The summed E-state index contributed by atoms with van der Waals surface area (Å²) in [5.41, 5.74) is 4.18. The van der Waals surface area contributed by atoms with E-state index in [9.17, 15) is 22.8 Å². The summed E-state index contributed by atoms with van der Waals surface area (Å²) in [6.07, 6.45) is 3.41. The number of carbonyl (C=O) groups is 2. The Bertz CT molecular complexity index is 1370. The van der Waals surface area contributed by atoms with Crippen molar-refractivity contribution in [3.05, 3.63) is 59.9 Å². The lowest BCUT2D eigenvalue weighted by Gasteiger charge is -2.35. The van der Waals surface area contributed by atoms with E-state index in [-0.39, 0.29) is 17.4 Å². The Hall–Kier alpha value is -3.69. The van der Waals surface area contributed by atoms with Crippen molar-refractivity contribution in [3.63, 3.8) is 0 Å². The second-order valence-electron chi connectivity index (χ2n) is 11.0. The fourth-order valence-corrected chi connectivity index (χ4v) is 5.78. The zero-order valence-corrected chi connectivity index (χ0v) is 22.7. The van der Waals surface area contributed by atoms with Crippen LogP contribution in [0.25, 0.3) is 11.0 Å². The zero-order valence-electron chi connectivity index (χ0n) is 22.7. The van der Waals surface area contributed by atoms with Crippen LogP contribution >= 0.6 is 0 Å². The highest BCUT2D eigenvalue weighted by molar-refractivity contribution is 5.85. The number of aromatic nitrogens is 2. The van der Waals surface area contributed by atoms with Crippen molar-refractivity contribution in [1.29, 1.82) is 0 Å². The normalized spacial score (nSPS) is 20.1. The fourth-order valence-electron chi connectivity index (χ4n) is 5.78. The van der Waals surface area contributed by atoms with Gasteiger partial charge in [0.2, 0.25) is 11.8 Å². The van der Waals surface area contributed by atoms with Crippen LogP contribution in [-0.4, -0.2) is 46.5 Å². The molecular formula is C30H34F3N5O2. The minimum absolute atomic E-state index is 0.00830. The number of hydrogen-bond acceptors (Lipinski definition) is 5. The van der Waals surface area contributed by atoms with Crippen molar-refractivity contribution in [1.82, 2.24) is 20.2 Å². The van der Waals surface area contributed by atoms with Gasteiger partial charge in [0.25, 0.3) is 0 Å². The number of carbonyl (C=O) groups excluding carboxylic acids is 2. The second kappa shape index (κ2) is 11.4. The van der Waals surface area contributed by atoms with E-state index in [1.165, 1.54) is 26.1 Å². The molecule has 10 heteroatoms. The summed E-state index contributed by atoms with van der Waals surface area (Å²) in [6, 6.07) is 7.79. The van der Waals surface area contributed by atoms with E-state index in [1.54, 1.807) is 24.5 Å². The molecule has 0 radical (unpaired) electrons. The molecule has 2 N–H and O–H groups in total. The second-order valence-corrected chi connectivity index (χ2v) is 11.0. The van der Waals surface area contributed by atoms with Crippen LogP contribution in [0.5, 0.6) is 0 Å². The van der Waals surface area contributed by atoms with Crippen LogP contribution in [0.4, 0.5) is 24.5 Å². The number of nitrogens with one attached hydrogen (secondary N) is 2. The van der Waals surface area contributed by atoms with E-state index < -0.39 is 24.0 Å². The van der Waals surface area contributed by atoms with Crippen LogP contribution in [0.15, 0.2) is 48.8 Å². The maximum absolute atomic E-state index is 14.3. The molecule has 1 atom stereocenters. The Kier molecular flexibility index (Phi) is 7.96. The number of amides is 2.